The highest BCUT2D eigenvalue weighted by Gasteiger charge is 2.48. The standard InChI is InChI=1S/C21H30N2O5/c1-4-5-17-18(7-6-16(14(2)24)19(17)25)27-13-12-23-10-8-21(9-11-23)15(3)22-20(26)28-21/h6-7,15,25H,4-5,8-13H2,1-3H3,(H,22,26). The third kappa shape index (κ3) is 4.09. The van der Waals surface area contributed by atoms with Gasteiger partial charge >= 0.3 is 6.09 Å². The van der Waals surface area contributed by atoms with Gasteiger partial charge in [-0.25, -0.2) is 4.79 Å². The molecule has 1 aromatic rings. The molecule has 7 nitrogen and oxygen atoms in total. The Kier molecular flexibility index (Phi) is 6.13. The predicted octanol–water partition coefficient (Wildman–Crippen LogP) is 2.89. The number of Topliss-reactive ketones (excluding diaryl/α,β-unsaturated/α-hetero) is 1. The number of likely N-dealkylation sites (tertiary alicyclic amines) is 1. The Morgan fingerprint density at radius 2 is 2.11 bits per heavy atom. The van der Waals surface area contributed by atoms with Crippen molar-refractivity contribution in [2.45, 2.75) is 58.1 Å². The van der Waals surface area contributed by atoms with Crippen LogP contribution in [0.15, 0.2) is 12.1 Å². The van der Waals surface area contributed by atoms with E-state index in [1.54, 1.807) is 12.1 Å². The first-order valence-corrected chi connectivity index (χ1v) is 10.1. The first-order valence-electron chi connectivity index (χ1n) is 10.1. The zero-order valence-electron chi connectivity index (χ0n) is 16.9. The molecule has 1 unspecified atom stereocenters. The molecule has 1 amide bonds. The van der Waals surface area contributed by atoms with Gasteiger partial charge < -0.3 is 19.9 Å². The Morgan fingerprint density at radius 3 is 2.68 bits per heavy atom. The van der Waals surface area contributed by atoms with Crippen LogP contribution in [0.1, 0.15) is 56.0 Å². The van der Waals surface area contributed by atoms with Crippen LogP contribution in [-0.2, 0) is 11.2 Å². The molecule has 2 N–H and O–H groups in total. The van der Waals surface area contributed by atoms with Crippen molar-refractivity contribution in [3.63, 3.8) is 0 Å². The van der Waals surface area contributed by atoms with E-state index >= 15 is 0 Å². The number of aromatic hydroxyl groups is 1. The lowest BCUT2D eigenvalue weighted by atomic mass is 9.85. The van der Waals surface area contributed by atoms with Gasteiger partial charge in [0.25, 0.3) is 0 Å². The van der Waals surface area contributed by atoms with E-state index in [2.05, 4.69) is 10.2 Å². The van der Waals surface area contributed by atoms with Crippen LogP contribution in [0.3, 0.4) is 0 Å². The summed E-state index contributed by atoms with van der Waals surface area (Å²) in [6, 6.07) is 3.44. The number of ether oxygens (including phenoxy) is 2. The van der Waals surface area contributed by atoms with Gasteiger partial charge in [0.15, 0.2) is 5.78 Å². The smallest absolute Gasteiger partial charge is 0.408 e. The number of piperidine rings is 1. The fraction of sp³-hybridized carbons (Fsp3) is 0.619. The number of nitrogens with zero attached hydrogens (tertiary/aromatic N) is 1. The molecule has 154 valence electrons. The summed E-state index contributed by atoms with van der Waals surface area (Å²) in [5.41, 5.74) is 0.661. The summed E-state index contributed by atoms with van der Waals surface area (Å²) in [6.07, 6.45) is 2.81. The lowest BCUT2D eigenvalue weighted by molar-refractivity contribution is -0.0173. The van der Waals surface area contributed by atoms with E-state index in [1.165, 1.54) is 6.92 Å². The zero-order valence-corrected chi connectivity index (χ0v) is 16.9. The van der Waals surface area contributed by atoms with Crippen molar-refractivity contribution in [2.24, 2.45) is 0 Å². The third-order valence-corrected chi connectivity index (χ3v) is 5.91. The average molecular weight is 390 g/mol. The fourth-order valence-corrected chi connectivity index (χ4v) is 4.11. The summed E-state index contributed by atoms with van der Waals surface area (Å²) in [6.45, 7) is 8.42. The lowest BCUT2D eigenvalue weighted by Gasteiger charge is -2.39. The lowest BCUT2D eigenvalue weighted by Crippen LogP contribution is -2.51. The van der Waals surface area contributed by atoms with Gasteiger partial charge in [0.1, 0.15) is 23.7 Å². The van der Waals surface area contributed by atoms with Gasteiger partial charge in [-0.15, -0.1) is 0 Å². The van der Waals surface area contributed by atoms with Crippen molar-refractivity contribution in [1.82, 2.24) is 10.2 Å². The van der Waals surface area contributed by atoms with Gasteiger partial charge in [-0.05, 0) is 32.4 Å². The Hall–Kier alpha value is -2.28. The zero-order chi connectivity index (χ0) is 20.3. The summed E-state index contributed by atoms with van der Waals surface area (Å²) < 4.78 is 11.5. The van der Waals surface area contributed by atoms with Gasteiger partial charge in [-0.1, -0.05) is 13.3 Å². The summed E-state index contributed by atoms with van der Waals surface area (Å²) >= 11 is 0. The molecule has 2 heterocycles. The normalized spacial score (nSPS) is 21.4. The van der Waals surface area contributed by atoms with Crippen molar-refractivity contribution in [2.75, 3.05) is 26.2 Å². The van der Waals surface area contributed by atoms with E-state index in [9.17, 15) is 14.7 Å². The minimum Gasteiger partial charge on any atom is -0.507 e. The largest absolute Gasteiger partial charge is 0.507 e. The molecule has 0 aliphatic carbocycles. The van der Waals surface area contributed by atoms with Crippen molar-refractivity contribution in [1.29, 1.82) is 0 Å². The number of carbonyl (C=O) groups excluding carboxylic acids is 2. The van der Waals surface area contributed by atoms with Crippen LogP contribution in [0, 0.1) is 0 Å². The number of rotatable bonds is 7. The van der Waals surface area contributed by atoms with Crippen molar-refractivity contribution < 1.29 is 24.2 Å². The highest BCUT2D eigenvalue weighted by atomic mass is 16.6. The molecule has 0 saturated carbocycles. The van der Waals surface area contributed by atoms with Crippen LogP contribution < -0.4 is 10.1 Å². The number of benzene rings is 1. The number of phenolic OH excluding ortho intramolecular Hbond substituents is 1. The molecule has 0 bridgehead atoms. The van der Waals surface area contributed by atoms with Crippen LogP contribution in [0.5, 0.6) is 11.5 Å². The van der Waals surface area contributed by atoms with E-state index in [1.807, 2.05) is 13.8 Å². The topological polar surface area (TPSA) is 88.1 Å². The van der Waals surface area contributed by atoms with Crippen LogP contribution in [0.2, 0.25) is 0 Å². The average Bonchev–Trinajstić information content (AvgIpc) is 2.92. The molecule has 2 aliphatic heterocycles. The van der Waals surface area contributed by atoms with Gasteiger partial charge in [0, 0.05) is 38.0 Å². The minimum absolute atomic E-state index is 0.0382. The minimum atomic E-state index is -0.378. The number of hydrogen-bond acceptors (Lipinski definition) is 6. The molecule has 2 fully saturated rings. The Labute approximate surface area is 166 Å². The van der Waals surface area contributed by atoms with Gasteiger partial charge in [-0.3, -0.25) is 9.69 Å². The van der Waals surface area contributed by atoms with E-state index in [-0.39, 0.29) is 29.3 Å². The summed E-state index contributed by atoms with van der Waals surface area (Å²) in [5, 5.41) is 13.3. The molecule has 3 rings (SSSR count). The molecule has 2 saturated heterocycles. The number of amides is 1. The van der Waals surface area contributed by atoms with Crippen LogP contribution in [0.25, 0.3) is 0 Å². The predicted molar refractivity (Wildman–Crippen MR) is 105 cm³/mol. The quantitative estimate of drug-likeness (QED) is 0.696. The molecule has 7 heteroatoms. The SMILES string of the molecule is CCCc1c(OCCN2CCC3(CC2)OC(=O)NC3C)ccc(C(C)=O)c1O. The second-order valence-electron chi connectivity index (χ2n) is 7.76. The fourth-order valence-electron chi connectivity index (χ4n) is 4.11. The second-order valence-corrected chi connectivity index (χ2v) is 7.76. The highest BCUT2D eigenvalue weighted by molar-refractivity contribution is 5.97. The van der Waals surface area contributed by atoms with E-state index in [0.29, 0.717) is 29.9 Å². The molecular formula is C21H30N2O5. The molecule has 2 aliphatic rings. The van der Waals surface area contributed by atoms with Crippen LogP contribution in [0.4, 0.5) is 4.79 Å². The molecule has 0 aromatic heterocycles. The first-order chi connectivity index (χ1) is 13.4. The monoisotopic (exact) mass is 390 g/mol. The maximum Gasteiger partial charge on any atom is 0.408 e. The summed E-state index contributed by atoms with van der Waals surface area (Å²) in [5.74, 6) is 0.525. The molecule has 1 atom stereocenters. The molecule has 0 radical (unpaired) electrons. The number of ketones is 1. The number of phenols is 1. The number of alkyl carbamates (subject to hydrolysis) is 1. The molecular weight excluding hydrogens is 360 g/mol. The summed E-state index contributed by atoms with van der Waals surface area (Å²) in [4.78, 5) is 25.5. The first kappa shape index (κ1) is 20.5. The Balaban J connectivity index is 1.55. The van der Waals surface area contributed by atoms with Crippen LogP contribution in [-0.4, -0.2) is 59.8 Å². The third-order valence-electron chi connectivity index (χ3n) is 5.91. The van der Waals surface area contributed by atoms with Crippen molar-refractivity contribution in [3.8, 4) is 11.5 Å². The van der Waals surface area contributed by atoms with E-state index in [4.69, 9.17) is 9.47 Å². The van der Waals surface area contributed by atoms with Gasteiger partial charge in [0.05, 0.1) is 11.6 Å². The molecule has 1 spiro atoms. The second kappa shape index (κ2) is 8.39. The van der Waals surface area contributed by atoms with Crippen molar-refractivity contribution >= 4 is 11.9 Å². The Morgan fingerprint density at radius 1 is 1.39 bits per heavy atom. The molecule has 28 heavy (non-hydrogen) atoms. The molecule has 1 aromatic carbocycles. The van der Waals surface area contributed by atoms with Gasteiger partial charge in [0.2, 0.25) is 0 Å². The summed E-state index contributed by atoms with van der Waals surface area (Å²) in [7, 11) is 0. The van der Waals surface area contributed by atoms with Gasteiger partial charge in [-0.2, -0.15) is 0 Å². The maximum atomic E-state index is 11.7. The number of hydrogen-bond donors (Lipinski definition) is 2. The number of nitrogens with one attached hydrogen (secondary N) is 1. The van der Waals surface area contributed by atoms with Crippen molar-refractivity contribution in [3.05, 3.63) is 23.3 Å². The van der Waals surface area contributed by atoms with E-state index in [0.717, 1.165) is 38.9 Å². The van der Waals surface area contributed by atoms with Crippen LogP contribution >= 0.6 is 0 Å². The highest BCUT2D eigenvalue weighted by Crippen LogP contribution is 2.34. The van der Waals surface area contributed by atoms with E-state index < -0.39 is 0 Å². The number of carbonyl (C=O) groups is 2. The maximum absolute atomic E-state index is 11.7. The Bertz CT molecular complexity index is 741.